The first-order valence-corrected chi connectivity index (χ1v) is 7.02. The van der Waals surface area contributed by atoms with Crippen molar-refractivity contribution in [2.24, 2.45) is 0 Å². The molecule has 21 heavy (non-hydrogen) atoms. The molecular formula is C15H20ClNO4. The molecule has 0 atom stereocenters. The molecule has 1 aromatic carbocycles. The van der Waals surface area contributed by atoms with Crippen LogP contribution in [0.3, 0.4) is 0 Å². The van der Waals surface area contributed by atoms with E-state index >= 15 is 0 Å². The van der Waals surface area contributed by atoms with Crippen LogP contribution >= 0.6 is 11.6 Å². The highest BCUT2D eigenvalue weighted by Gasteiger charge is 2.14. The van der Waals surface area contributed by atoms with Gasteiger partial charge in [0.15, 0.2) is 6.61 Å². The molecule has 0 N–H and O–H groups in total. The fraction of sp³-hybridized carbons (Fsp3) is 0.467. The van der Waals surface area contributed by atoms with Gasteiger partial charge in [-0.1, -0.05) is 11.6 Å². The number of carbonyl (C=O) groups is 2. The lowest BCUT2D eigenvalue weighted by atomic mass is 10.1. The monoisotopic (exact) mass is 313 g/mol. The lowest BCUT2D eigenvalue weighted by Gasteiger charge is -2.17. The predicted octanol–water partition coefficient (Wildman–Crippen LogP) is 2.36. The van der Waals surface area contributed by atoms with Crippen LogP contribution in [0.15, 0.2) is 12.1 Å². The molecule has 0 saturated carbocycles. The summed E-state index contributed by atoms with van der Waals surface area (Å²) < 4.78 is 10.2. The Morgan fingerprint density at radius 2 is 1.81 bits per heavy atom. The van der Waals surface area contributed by atoms with Crippen LogP contribution in [0.4, 0.5) is 0 Å². The first kappa shape index (κ1) is 17.3. The number of likely N-dealkylation sites (N-methyl/N-ethyl adjacent to an activating group) is 1. The predicted molar refractivity (Wildman–Crippen MR) is 80.7 cm³/mol. The Morgan fingerprint density at radius 1 is 1.24 bits per heavy atom. The molecule has 1 amide bonds. The van der Waals surface area contributed by atoms with Crippen molar-refractivity contribution in [3.8, 4) is 5.75 Å². The van der Waals surface area contributed by atoms with Gasteiger partial charge in [0, 0.05) is 12.1 Å². The fourth-order valence-electron chi connectivity index (χ4n) is 1.73. The number of aryl methyl sites for hydroxylation is 2. The Kier molecular flexibility index (Phi) is 6.49. The average molecular weight is 314 g/mol. The normalized spacial score (nSPS) is 10.1. The van der Waals surface area contributed by atoms with E-state index in [0.29, 0.717) is 17.4 Å². The van der Waals surface area contributed by atoms with E-state index in [0.717, 1.165) is 11.1 Å². The molecule has 1 rings (SSSR count). The Bertz CT molecular complexity index is 507. The van der Waals surface area contributed by atoms with Crippen LogP contribution in [0.25, 0.3) is 0 Å². The number of amides is 1. The maximum absolute atomic E-state index is 11.9. The molecule has 0 spiro atoms. The third kappa shape index (κ3) is 5.27. The van der Waals surface area contributed by atoms with Gasteiger partial charge in [0.1, 0.15) is 12.3 Å². The first-order valence-electron chi connectivity index (χ1n) is 6.64. The van der Waals surface area contributed by atoms with Crippen LogP contribution in [-0.2, 0) is 14.3 Å². The van der Waals surface area contributed by atoms with Crippen molar-refractivity contribution in [1.82, 2.24) is 4.90 Å². The number of carbonyl (C=O) groups excluding carboxylic acids is 2. The van der Waals surface area contributed by atoms with E-state index in [1.54, 1.807) is 19.1 Å². The molecule has 0 heterocycles. The highest BCUT2D eigenvalue weighted by atomic mass is 35.5. The fourth-order valence-corrected chi connectivity index (χ4v) is 1.84. The molecule has 0 unspecified atom stereocenters. The lowest BCUT2D eigenvalue weighted by molar-refractivity contribution is -0.148. The molecule has 0 fully saturated rings. The van der Waals surface area contributed by atoms with E-state index in [4.69, 9.17) is 21.1 Å². The zero-order chi connectivity index (χ0) is 16.0. The Balaban J connectivity index is 2.55. The molecule has 0 aliphatic rings. The van der Waals surface area contributed by atoms with E-state index in [9.17, 15) is 9.59 Å². The van der Waals surface area contributed by atoms with Crippen LogP contribution < -0.4 is 4.74 Å². The zero-order valence-electron chi connectivity index (χ0n) is 12.7. The van der Waals surface area contributed by atoms with Gasteiger partial charge in [0.05, 0.1) is 6.61 Å². The third-order valence-corrected chi connectivity index (χ3v) is 3.47. The first-order chi connectivity index (χ1) is 9.85. The lowest BCUT2D eigenvalue weighted by Crippen LogP contribution is -2.36. The quantitative estimate of drug-likeness (QED) is 0.757. The SMILES string of the molecule is CCOC(=O)CN(C)C(=O)COc1cc(C)c(Cl)c(C)c1. The standard InChI is InChI=1S/C15H20ClNO4/c1-5-20-14(19)8-17(4)13(18)9-21-12-6-10(2)15(16)11(3)7-12/h6-7H,5,8-9H2,1-4H3. The van der Waals surface area contributed by atoms with Crippen molar-refractivity contribution in [3.05, 3.63) is 28.3 Å². The summed E-state index contributed by atoms with van der Waals surface area (Å²) in [6.07, 6.45) is 0. The van der Waals surface area contributed by atoms with E-state index in [-0.39, 0.29) is 19.1 Å². The second-order valence-electron chi connectivity index (χ2n) is 4.71. The number of ether oxygens (including phenoxy) is 2. The summed E-state index contributed by atoms with van der Waals surface area (Å²) in [7, 11) is 1.53. The van der Waals surface area contributed by atoms with Crippen molar-refractivity contribution in [3.63, 3.8) is 0 Å². The minimum absolute atomic E-state index is 0.0886. The third-order valence-electron chi connectivity index (χ3n) is 2.87. The van der Waals surface area contributed by atoms with Gasteiger partial charge in [-0.3, -0.25) is 9.59 Å². The van der Waals surface area contributed by atoms with E-state index in [2.05, 4.69) is 0 Å². The number of nitrogens with zero attached hydrogens (tertiary/aromatic N) is 1. The van der Waals surface area contributed by atoms with Crippen molar-refractivity contribution < 1.29 is 19.1 Å². The van der Waals surface area contributed by atoms with Gasteiger partial charge in [0.2, 0.25) is 0 Å². The molecule has 5 nitrogen and oxygen atoms in total. The van der Waals surface area contributed by atoms with Crippen molar-refractivity contribution in [2.45, 2.75) is 20.8 Å². The van der Waals surface area contributed by atoms with Crippen molar-refractivity contribution in [1.29, 1.82) is 0 Å². The molecule has 0 aliphatic carbocycles. The maximum Gasteiger partial charge on any atom is 0.325 e. The molecule has 1 aromatic rings. The number of hydrogen-bond acceptors (Lipinski definition) is 4. The van der Waals surface area contributed by atoms with Crippen LogP contribution in [0, 0.1) is 13.8 Å². The number of benzene rings is 1. The second kappa shape index (κ2) is 7.88. The maximum atomic E-state index is 11.9. The van der Waals surface area contributed by atoms with E-state index in [1.165, 1.54) is 11.9 Å². The van der Waals surface area contributed by atoms with Gasteiger partial charge in [-0.05, 0) is 44.0 Å². The molecule has 116 valence electrons. The summed E-state index contributed by atoms with van der Waals surface area (Å²) in [6, 6.07) is 3.54. The smallest absolute Gasteiger partial charge is 0.325 e. The van der Waals surface area contributed by atoms with Gasteiger partial charge >= 0.3 is 5.97 Å². The molecule has 0 aromatic heterocycles. The minimum Gasteiger partial charge on any atom is -0.484 e. The van der Waals surface area contributed by atoms with Crippen LogP contribution in [0.1, 0.15) is 18.1 Å². The summed E-state index contributed by atoms with van der Waals surface area (Å²) in [4.78, 5) is 24.4. The largest absolute Gasteiger partial charge is 0.484 e. The van der Waals surface area contributed by atoms with Gasteiger partial charge in [-0.15, -0.1) is 0 Å². The molecular weight excluding hydrogens is 294 g/mol. The molecule has 0 saturated heterocycles. The Morgan fingerprint density at radius 3 is 2.33 bits per heavy atom. The molecule has 0 bridgehead atoms. The summed E-state index contributed by atoms with van der Waals surface area (Å²) >= 11 is 6.07. The van der Waals surface area contributed by atoms with Crippen molar-refractivity contribution in [2.75, 3.05) is 26.8 Å². The minimum atomic E-state index is -0.438. The van der Waals surface area contributed by atoms with Gasteiger partial charge in [-0.2, -0.15) is 0 Å². The Hall–Kier alpha value is -1.75. The Labute approximate surface area is 129 Å². The van der Waals surface area contributed by atoms with Crippen LogP contribution in [0.2, 0.25) is 5.02 Å². The molecule has 0 radical (unpaired) electrons. The summed E-state index contributed by atoms with van der Waals surface area (Å²) in [5.41, 5.74) is 1.78. The summed E-state index contributed by atoms with van der Waals surface area (Å²) in [5, 5.41) is 0.688. The highest BCUT2D eigenvalue weighted by molar-refractivity contribution is 6.32. The van der Waals surface area contributed by atoms with Crippen LogP contribution in [-0.4, -0.2) is 43.6 Å². The van der Waals surface area contributed by atoms with Gasteiger partial charge in [0.25, 0.3) is 5.91 Å². The molecule has 6 heteroatoms. The van der Waals surface area contributed by atoms with Crippen LogP contribution in [0.5, 0.6) is 5.75 Å². The van der Waals surface area contributed by atoms with E-state index < -0.39 is 5.97 Å². The summed E-state index contributed by atoms with van der Waals surface area (Å²) in [6.45, 7) is 5.52. The number of hydrogen-bond donors (Lipinski definition) is 0. The second-order valence-corrected chi connectivity index (χ2v) is 5.09. The van der Waals surface area contributed by atoms with Gasteiger partial charge in [-0.25, -0.2) is 0 Å². The highest BCUT2D eigenvalue weighted by Crippen LogP contribution is 2.25. The zero-order valence-corrected chi connectivity index (χ0v) is 13.5. The molecule has 0 aliphatic heterocycles. The number of halogens is 1. The van der Waals surface area contributed by atoms with Gasteiger partial charge < -0.3 is 14.4 Å². The summed E-state index contributed by atoms with van der Waals surface area (Å²) in [5.74, 6) is -0.160. The number of rotatable bonds is 6. The average Bonchev–Trinajstić information content (AvgIpc) is 2.42. The number of esters is 1. The van der Waals surface area contributed by atoms with Crippen molar-refractivity contribution >= 4 is 23.5 Å². The van der Waals surface area contributed by atoms with E-state index in [1.807, 2.05) is 13.8 Å². The topological polar surface area (TPSA) is 55.8 Å².